The summed E-state index contributed by atoms with van der Waals surface area (Å²) in [4.78, 5) is 12.2. The first-order chi connectivity index (χ1) is 9.01. The highest BCUT2D eigenvalue weighted by Crippen LogP contribution is 2.39. The van der Waals surface area contributed by atoms with Crippen LogP contribution in [0.4, 0.5) is 0 Å². The molecule has 0 aliphatic heterocycles. The van der Waals surface area contributed by atoms with Gasteiger partial charge in [-0.15, -0.1) is 11.6 Å². The maximum Gasteiger partial charge on any atom is 0.319 e. The van der Waals surface area contributed by atoms with E-state index in [4.69, 9.17) is 25.8 Å². The van der Waals surface area contributed by atoms with E-state index < -0.39 is 5.41 Å². The van der Waals surface area contributed by atoms with Crippen molar-refractivity contribution in [3.05, 3.63) is 23.7 Å². The molecule has 0 saturated carbocycles. The fraction of sp³-hybridized carbons (Fsp3) is 0.643. The second-order valence-electron chi connectivity index (χ2n) is 4.80. The number of methoxy groups -OCH3 is 3. The third-order valence-electron chi connectivity index (χ3n) is 3.23. The zero-order valence-electron chi connectivity index (χ0n) is 11.9. The summed E-state index contributed by atoms with van der Waals surface area (Å²) in [7, 11) is 4.54. The van der Waals surface area contributed by atoms with Crippen LogP contribution in [0.3, 0.4) is 0 Å². The summed E-state index contributed by atoms with van der Waals surface area (Å²) in [5.74, 6) is 1.72. The SMILES string of the molecule is COC(=O)C1(CC(C)CCl)C=C(OC)CC(OC)=C1. The van der Waals surface area contributed by atoms with Crippen molar-refractivity contribution in [2.75, 3.05) is 27.2 Å². The Morgan fingerprint density at radius 3 is 2.21 bits per heavy atom. The summed E-state index contributed by atoms with van der Waals surface area (Å²) in [5, 5.41) is 0. The molecule has 19 heavy (non-hydrogen) atoms. The van der Waals surface area contributed by atoms with E-state index in [1.54, 1.807) is 14.2 Å². The topological polar surface area (TPSA) is 44.8 Å². The summed E-state index contributed by atoms with van der Waals surface area (Å²) in [6, 6.07) is 0. The molecule has 1 aliphatic rings. The second kappa shape index (κ2) is 6.85. The van der Waals surface area contributed by atoms with Crippen LogP contribution in [-0.2, 0) is 19.0 Å². The summed E-state index contributed by atoms with van der Waals surface area (Å²) in [5.41, 5.74) is -0.863. The van der Waals surface area contributed by atoms with Gasteiger partial charge in [0.1, 0.15) is 16.9 Å². The molecule has 1 atom stereocenters. The number of carbonyl (C=O) groups is 1. The maximum absolute atomic E-state index is 12.2. The summed E-state index contributed by atoms with van der Waals surface area (Å²) >= 11 is 5.87. The quantitative estimate of drug-likeness (QED) is 0.557. The Bertz CT molecular complexity index is 367. The second-order valence-corrected chi connectivity index (χ2v) is 5.11. The van der Waals surface area contributed by atoms with Gasteiger partial charge < -0.3 is 14.2 Å². The average Bonchev–Trinajstić information content (AvgIpc) is 2.45. The van der Waals surface area contributed by atoms with E-state index >= 15 is 0 Å². The molecule has 0 radical (unpaired) electrons. The molecule has 108 valence electrons. The number of esters is 1. The summed E-state index contributed by atoms with van der Waals surface area (Å²) in [6.07, 6.45) is 4.72. The normalized spacial score (nSPS) is 19.0. The molecule has 0 saturated heterocycles. The van der Waals surface area contributed by atoms with Crippen molar-refractivity contribution in [3.63, 3.8) is 0 Å². The van der Waals surface area contributed by atoms with Crippen LogP contribution in [0.25, 0.3) is 0 Å². The smallest absolute Gasteiger partial charge is 0.319 e. The van der Waals surface area contributed by atoms with Crippen LogP contribution in [0.1, 0.15) is 19.8 Å². The van der Waals surface area contributed by atoms with E-state index in [-0.39, 0.29) is 11.9 Å². The number of alkyl halides is 1. The molecule has 1 aliphatic carbocycles. The Morgan fingerprint density at radius 2 is 1.84 bits per heavy atom. The predicted molar refractivity (Wildman–Crippen MR) is 73.8 cm³/mol. The van der Waals surface area contributed by atoms with E-state index in [1.165, 1.54) is 7.11 Å². The molecule has 0 N–H and O–H groups in total. The lowest BCUT2D eigenvalue weighted by atomic mass is 9.76. The lowest BCUT2D eigenvalue weighted by molar-refractivity contribution is -0.148. The van der Waals surface area contributed by atoms with Crippen molar-refractivity contribution in [3.8, 4) is 0 Å². The highest BCUT2D eigenvalue weighted by Gasteiger charge is 2.40. The average molecular weight is 289 g/mol. The minimum absolute atomic E-state index is 0.169. The third-order valence-corrected chi connectivity index (χ3v) is 3.75. The van der Waals surface area contributed by atoms with Crippen LogP contribution >= 0.6 is 11.6 Å². The van der Waals surface area contributed by atoms with Gasteiger partial charge in [-0.2, -0.15) is 0 Å². The van der Waals surface area contributed by atoms with Gasteiger partial charge in [0.05, 0.1) is 27.8 Å². The van der Waals surface area contributed by atoms with E-state index in [9.17, 15) is 4.79 Å². The van der Waals surface area contributed by atoms with E-state index in [0.717, 1.165) is 0 Å². The standard InChI is InChI=1S/C14H21ClO4/c1-10(9-15)6-14(13(16)19-4)7-11(17-2)5-12(8-14)18-3/h7-8,10H,5-6,9H2,1-4H3. The Hall–Kier alpha value is -1.16. The van der Waals surface area contributed by atoms with Gasteiger partial charge in [0, 0.05) is 5.88 Å². The number of rotatable bonds is 6. The van der Waals surface area contributed by atoms with Crippen molar-refractivity contribution in [2.45, 2.75) is 19.8 Å². The van der Waals surface area contributed by atoms with Crippen LogP contribution in [-0.4, -0.2) is 33.2 Å². The number of carbonyl (C=O) groups excluding carboxylic acids is 1. The van der Waals surface area contributed by atoms with Crippen molar-refractivity contribution < 1.29 is 19.0 Å². The lowest BCUT2D eigenvalue weighted by Crippen LogP contribution is -2.33. The molecule has 0 heterocycles. The van der Waals surface area contributed by atoms with Crippen molar-refractivity contribution in [1.29, 1.82) is 0 Å². The van der Waals surface area contributed by atoms with Crippen LogP contribution in [0.2, 0.25) is 0 Å². The minimum atomic E-state index is -0.863. The Morgan fingerprint density at radius 1 is 1.32 bits per heavy atom. The largest absolute Gasteiger partial charge is 0.501 e. The van der Waals surface area contributed by atoms with Gasteiger partial charge in [-0.05, 0) is 24.5 Å². The van der Waals surface area contributed by atoms with Crippen LogP contribution in [0.5, 0.6) is 0 Å². The van der Waals surface area contributed by atoms with Crippen LogP contribution in [0, 0.1) is 11.3 Å². The molecule has 0 aromatic carbocycles. The van der Waals surface area contributed by atoms with Gasteiger partial charge in [-0.3, -0.25) is 4.79 Å². The molecule has 0 fully saturated rings. The zero-order chi connectivity index (χ0) is 14.5. The van der Waals surface area contributed by atoms with E-state index in [2.05, 4.69) is 0 Å². The number of ether oxygens (including phenoxy) is 3. The van der Waals surface area contributed by atoms with Gasteiger partial charge in [0.2, 0.25) is 0 Å². The number of hydrogen-bond donors (Lipinski definition) is 0. The minimum Gasteiger partial charge on any atom is -0.501 e. The van der Waals surface area contributed by atoms with E-state index in [1.807, 2.05) is 19.1 Å². The Kier molecular flexibility index (Phi) is 5.73. The van der Waals surface area contributed by atoms with Crippen molar-refractivity contribution >= 4 is 17.6 Å². The maximum atomic E-state index is 12.2. The van der Waals surface area contributed by atoms with Crippen LogP contribution < -0.4 is 0 Å². The molecule has 0 spiro atoms. The third kappa shape index (κ3) is 3.66. The highest BCUT2D eigenvalue weighted by atomic mass is 35.5. The summed E-state index contributed by atoms with van der Waals surface area (Å²) in [6.45, 7) is 1.99. The Balaban J connectivity index is 3.19. The molecular weight excluding hydrogens is 268 g/mol. The van der Waals surface area contributed by atoms with Gasteiger partial charge in [-0.1, -0.05) is 6.92 Å². The zero-order valence-corrected chi connectivity index (χ0v) is 12.6. The van der Waals surface area contributed by atoms with Crippen LogP contribution in [0.15, 0.2) is 23.7 Å². The molecule has 1 rings (SSSR count). The van der Waals surface area contributed by atoms with Gasteiger partial charge in [0.15, 0.2) is 0 Å². The first-order valence-corrected chi connectivity index (χ1v) is 6.70. The molecule has 0 amide bonds. The van der Waals surface area contributed by atoms with Crippen molar-refractivity contribution in [2.24, 2.45) is 11.3 Å². The molecule has 5 heteroatoms. The van der Waals surface area contributed by atoms with Gasteiger partial charge in [0.25, 0.3) is 0 Å². The summed E-state index contributed by atoms with van der Waals surface area (Å²) < 4.78 is 15.5. The highest BCUT2D eigenvalue weighted by molar-refractivity contribution is 6.18. The number of halogens is 1. The van der Waals surface area contributed by atoms with Gasteiger partial charge in [-0.25, -0.2) is 0 Å². The van der Waals surface area contributed by atoms with Gasteiger partial charge >= 0.3 is 5.97 Å². The van der Waals surface area contributed by atoms with E-state index in [0.29, 0.717) is 30.2 Å². The van der Waals surface area contributed by atoms with Crippen molar-refractivity contribution in [1.82, 2.24) is 0 Å². The monoisotopic (exact) mass is 288 g/mol. The molecular formula is C14H21ClO4. The lowest BCUT2D eigenvalue weighted by Gasteiger charge is -2.31. The first-order valence-electron chi connectivity index (χ1n) is 6.17. The number of hydrogen-bond acceptors (Lipinski definition) is 4. The fourth-order valence-corrected chi connectivity index (χ4v) is 2.40. The first kappa shape index (κ1) is 15.9. The molecule has 4 nitrogen and oxygen atoms in total. The predicted octanol–water partition coefficient (Wildman–Crippen LogP) is 2.88. The fourth-order valence-electron chi connectivity index (χ4n) is 2.29. The molecule has 0 bridgehead atoms. The Labute approximate surface area is 119 Å². The molecule has 0 aromatic heterocycles. The molecule has 1 unspecified atom stereocenters. The molecule has 0 aromatic rings.